The molecule has 0 aliphatic rings. The zero-order valence-electron chi connectivity index (χ0n) is 35.9. The molecule has 324 valence electrons. The second-order valence-corrected chi connectivity index (χ2v) is 15.3. The first-order valence-corrected chi connectivity index (χ1v) is 21.4. The molecule has 2 heterocycles. The maximum Gasteiger partial charge on any atom is 0.373 e. The number of carbonyl (C=O) groups excluding carboxylic acids is 4. The van der Waals surface area contributed by atoms with Gasteiger partial charge in [0.2, 0.25) is 0 Å². The lowest BCUT2D eigenvalue weighted by Gasteiger charge is -2.14. The van der Waals surface area contributed by atoms with Crippen molar-refractivity contribution in [3.8, 4) is 11.5 Å². The number of aromatic nitrogens is 4. The molecule has 6 aromatic rings. The predicted octanol–water partition coefficient (Wildman–Crippen LogP) is 9.86. The molecule has 2 aromatic heterocycles. The van der Waals surface area contributed by atoms with Crippen LogP contribution in [0.2, 0.25) is 0 Å². The van der Waals surface area contributed by atoms with Gasteiger partial charge in [0, 0.05) is 24.7 Å². The number of halogens is 1. The smallest absolute Gasteiger partial charge is 0.373 e. The molecular formula is C46H53ClN4O8S2. The molecule has 0 bridgehead atoms. The van der Waals surface area contributed by atoms with Crippen LogP contribution in [0.1, 0.15) is 72.9 Å². The van der Waals surface area contributed by atoms with Gasteiger partial charge in [0.1, 0.15) is 11.5 Å². The Bertz CT molecular complexity index is 2600. The van der Waals surface area contributed by atoms with Crippen molar-refractivity contribution in [2.45, 2.75) is 97.1 Å². The van der Waals surface area contributed by atoms with Crippen LogP contribution in [0.25, 0.3) is 21.8 Å². The van der Waals surface area contributed by atoms with Gasteiger partial charge in [-0.25, -0.2) is 4.98 Å². The summed E-state index contributed by atoms with van der Waals surface area (Å²) in [6, 6.07) is 23.7. The molecule has 61 heavy (non-hydrogen) atoms. The highest BCUT2D eigenvalue weighted by molar-refractivity contribution is 7.98. The Kier molecular flexibility index (Phi) is 23.0. The summed E-state index contributed by atoms with van der Waals surface area (Å²) in [6.45, 7) is 13.9. The number of alkyl halides is 1. The van der Waals surface area contributed by atoms with Gasteiger partial charge in [0.05, 0.1) is 36.0 Å². The average molecular weight is 890 g/mol. The number of methoxy groups -OCH3 is 2. The van der Waals surface area contributed by atoms with E-state index in [4.69, 9.17) is 57.5 Å². The predicted molar refractivity (Wildman–Crippen MR) is 243 cm³/mol. The molecule has 1 N–H and O–H groups in total. The van der Waals surface area contributed by atoms with Crippen LogP contribution in [0.4, 0.5) is 0 Å². The molecule has 15 heteroatoms. The number of nitrogens with one attached hydrogen (secondary N) is 1. The second kappa shape index (κ2) is 27.3. The van der Waals surface area contributed by atoms with Crippen molar-refractivity contribution < 1.29 is 28.7 Å². The molecule has 0 radical (unpaired) electrons. The van der Waals surface area contributed by atoms with E-state index in [0.29, 0.717) is 46.0 Å². The zero-order chi connectivity index (χ0) is 45.5. The fourth-order valence-corrected chi connectivity index (χ4v) is 7.51. The molecule has 0 saturated heterocycles. The SMILES string of the molecule is CCCCn1c(=S)[nH]c2ccc(OC)cc2c1=O.CCCCn1c(SCc2cc(C)ccc2C)nc2ccc(OC)cc2c1=O.Cc1ccc(C)c(CCl)c1.O=C=O.O=C=O. The van der Waals surface area contributed by atoms with Crippen LogP contribution in [-0.2, 0) is 43.9 Å². The number of ether oxygens (including phenoxy) is 2. The van der Waals surface area contributed by atoms with Gasteiger partial charge in [-0.15, -0.1) is 11.6 Å². The van der Waals surface area contributed by atoms with Crippen molar-refractivity contribution in [3.05, 3.63) is 132 Å². The van der Waals surface area contributed by atoms with E-state index in [1.165, 1.54) is 33.4 Å². The van der Waals surface area contributed by atoms with E-state index >= 15 is 0 Å². The first kappa shape index (κ1) is 51.5. The molecule has 0 saturated carbocycles. The van der Waals surface area contributed by atoms with Crippen molar-refractivity contribution in [1.29, 1.82) is 0 Å². The Balaban J connectivity index is 0.000000322. The standard InChI is InChI=1S/C22H26N2O2S.C13H16N2O2S.C9H11Cl.2CO2/c1-5-6-11-24-21(25)19-13-18(26-4)9-10-20(19)23-22(24)27-14-17-12-15(2)7-8-16(17)3;1-3-4-7-15-12(16)10-8-9(17-2)5-6-11(10)14-13(15)18;1-7-3-4-8(2)9(5-7)6-10;2*2-1-3/h7-10,12-13H,5-6,11,14H2,1-4H3;5-6,8H,3-4,7H2,1-2H3,(H,14,18);3-5H,6H2,1-2H3;;. The third-order valence-electron chi connectivity index (χ3n) is 9.30. The van der Waals surface area contributed by atoms with E-state index in [9.17, 15) is 9.59 Å². The van der Waals surface area contributed by atoms with Gasteiger partial charge < -0.3 is 14.5 Å². The summed E-state index contributed by atoms with van der Waals surface area (Å²) < 4.78 is 14.3. The number of aryl methyl sites for hydroxylation is 4. The number of fused-ring (bicyclic) bond motifs is 2. The van der Waals surface area contributed by atoms with Crippen molar-refractivity contribution >= 4 is 69.7 Å². The van der Waals surface area contributed by atoms with E-state index in [-0.39, 0.29) is 23.4 Å². The van der Waals surface area contributed by atoms with Crippen LogP contribution < -0.4 is 20.6 Å². The van der Waals surface area contributed by atoms with Crippen LogP contribution in [0.15, 0.2) is 87.5 Å². The van der Waals surface area contributed by atoms with Crippen LogP contribution in [0.3, 0.4) is 0 Å². The summed E-state index contributed by atoms with van der Waals surface area (Å²) in [5, 5.41) is 2.01. The number of hydrogen-bond donors (Lipinski definition) is 1. The van der Waals surface area contributed by atoms with Crippen molar-refractivity contribution in [2.24, 2.45) is 0 Å². The Morgan fingerprint density at radius 1 is 0.705 bits per heavy atom. The maximum atomic E-state index is 13.1. The molecule has 12 nitrogen and oxygen atoms in total. The lowest BCUT2D eigenvalue weighted by molar-refractivity contribution is -0.193. The molecule has 0 unspecified atom stereocenters. The Morgan fingerprint density at radius 2 is 1.20 bits per heavy atom. The highest BCUT2D eigenvalue weighted by atomic mass is 35.5. The van der Waals surface area contributed by atoms with Gasteiger partial charge in [0.25, 0.3) is 11.1 Å². The third kappa shape index (κ3) is 15.7. The third-order valence-corrected chi connectivity index (χ3v) is 10.9. The van der Waals surface area contributed by atoms with Gasteiger partial charge in [-0.2, -0.15) is 19.2 Å². The van der Waals surface area contributed by atoms with E-state index in [1.807, 2.05) is 28.8 Å². The number of H-pyrrole nitrogens is 1. The zero-order valence-corrected chi connectivity index (χ0v) is 38.3. The van der Waals surface area contributed by atoms with E-state index in [0.717, 1.165) is 47.6 Å². The lowest BCUT2D eigenvalue weighted by Crippen LogP contribution is -2.23. The van der Waals surface area contributed by atoms with E-state index < -0.39 is 0 Å². The number of benzene rings is 4. The van der Waals surface area contributed by atoms with Crippen molar-refractivity contribution in [2.75, 3.05) is 14.2 Å². The summed E-state index contributed by atoms with van der Waals surface area (Å²) in [6.07, 6.45) is 4.45. The molecular weight excluding hydrogens is 836 g/mol. The molecule has 0 fully saturated rings. The quantitative estimate of drug-likeness (QED) is 0.0539. The van der Waals surface area contributed by atoms with E-state index in [2.05, 4.69) is 82.9 Å². The van der Waals surface area contributed by atoms with Gasteiger partial charge >= 0.3 is 12.3 Å². The minimum absolute atomic E-state index is 0.0100. The van der Waals surface area contributed by atoms with Crippen molar-refractivity contribution in [1.82, 2.24) is 19.1 Å². The Labute approximate surface area is 370 Å². The van der Waals surface area contributed by atoms with Gasteiger partial charge in [-0.3, -0.25) is 18.7 Å². The number of aromatic amines is 1. The average Bonchev–Trinajstić information content (AvgIpc) is 3.25. The summed E-state index contributed by atoms with van der Waals surface area (Å²) in [7, 11) is 3.19. The summed E-state index contributed by atoms with van der Waals surface area (Å²) >= 11 is 12.6. The van der Waals surface area contributed by atoms with Crippen LogP contribution in [-0.4, -0.2) is 45.6 Å². The summed E-state index contributed by atoms with van der Waals surface area (Å²) in [5.74, 6) is 2.77. The lowest BCUT2D eigenvalue weighted by atomic mass is 10.1. The monoisotopic (exact) mass is 888 g/mol. The number of unbranched alkanes of at least 4 members (excludes halogenated alkanes) is 2. The number of nitrogens with zero attached hydrogens (tertiary/aromatic N) is 3. The molecule has 6 rings (SSSR count). The van der Waals surface area contributed by atoms with Crippen LogP contribution in [0.5, 0.6) is 11.5 Å². The molecule has 4 aromatic carbocycles. The molecule has 0 aliphatic heterocycles. The largest absolute Gasteiger partial charge is 0.497 e. The Hall–Kier alpha value is -5.62. The van der Waals surface area contributed by atoms with Gasteiger partial charge in [-0.1, -0.05) is 86.0 Å². The first-order chi connectivity index (χ1) is 29.3. The molecule has 0 amide bonds. The fraction of sp³-hybridized carbons (Fsp3) is 0.348. The van der Waals surface area contributed by atoms with Crippen LogP contribution >= 0.6 is 35.6 Å². The number of thioether (sulfide) groups is 1. The topological polar surface area (TPSA) is 159 Å². The fourth-order valence-electron chi connectivity index (χ4n) is 5.85. The van der Waals surface area contributed by atoms with Gasteiger partial charge in [-0.05, 0) is 111 Å². The minimum atomic E-state index is -0.0545. The van der Waals surface area contributed by atoms with Crippen LogP contribution in [0, 0.1) is 32.5 Å². The second-order valence-electron chi connectivity index (χ2n) is 13.7. The minimum Gasteiger partial charge on any atom is -0.497 e. The molecule has 0 atom stereocenters. The normalized spacial score (nSPS) is 9.98. The highest BCUT2D eigenvalue weighted by Gasteiger charge is 2.13. The van der Waals surface area contributed by atoms with Gasteiger partial charge in [0.15, 0.2) is 9.93 Å². The number of rotatable bonds is 12. The summed E-state index contributed by atoms with van der Waals surface area (Å²) in [5.41, 5.74) is 9.02. The maximum absolute atomic E-state index is 13.1. The number of hydrogen-bond acceptors (Lipinski definition) is 11. The highest BCUT2D eigenvalue weighted by Crippen LogP contribution is 2.26. The van der Waals surface area contributed by atoms with Crippen molar-refractivity contribution in [3.63, 3.8) is 0 Å². The summed E-state index contributed by atoms with van der Waals surface area (Å²) in [4.78, 5) is 65.8. The molecule has 0 spiro atoms. The first-order valence-electron chi connectivity index (χ1n) is 19.5. The van der Waals surface area contributed by atoms with E-state index in [1.54, 1.807) is 42.7 Å². The Morgan fingerprint density at radius 3 is 1.72 bits per heavy atom. The molecule has 0 aliphatic carbocycles.